The van der Waals surface area contributed by atoms with Crippen LogP contribution in [0.15, 0.2) is 0 Å². The summed E-state index contributed by atoms with van der Waals surface area (Å²) in [7, 11) is 0. The summed E-state index contributed by atoms with van der Waals surface area (Å²) in [6.45, 7) is 16.1. The Morgan fingerprint density at radius 3 is 2.06 bits per heavy atom. The third-order valence-electron chi connectivity index (χ3n) is 12.8. The van der Waals surface area contributed by atoms with Gasteiger partial charge < -0.3 is 30.6 Å². The van der Waals surface area contributed by atoms with Crippen molar-refractivity contribution in [1.29, 1.82) is 0 Å². The minimum Gasteiger partial charge on any atom is -0.393 e. The predicted molar refractivity (Wildman–Crippen MR) is 140 cm³/mol. The zero-order valence-electron chi connectivity index (χ0n) is 24.0. The van der Waals surface area contributed by atoms with E-state index in [9.17, 15) is 30.6 Å². The van der Waals surface area contributed by atoms with E-state index in [4.69, 9.17) is 0 Å². The highest BCUT2D eigenvalue weighted by Gasteiger charge is 2.72. The third kappa shape index (κ3) is 3.95. The molecule has 6 N–H and O–H groups in total. The number of hydrogen-bond donors (Lipinski definition) is 6. The fraction of sp³-hybridized carbons (Fsp3) is 1.00. The molecule has 210 valence electrons. The molecule has 0 spiro atoms. The second-order valence-corrected chi connectivity index (χ2v) is 15.6. The molecule has 6 heteroatoms. The standard InChI is InChI=1S/C30H54O6/c1-25(2)21(33)10-12-27(5)20-15-18(31)23-17(30(8,36)14-11-22(34)26(3,4)35)9-13-28(23,6)29(20,7)16-19(32)24(25)27/h17-24,31-36H,9-16H2,1-8H3/t17-,18+,19-,20+,21-,22+,23-,24-,27+,28+,29+,30-/m0/s1. The molecule has 0 aromatic rings. The first-order chi connectivity index (χ1) is 16.2. The summed E-state index contributed by atoms with van der Waals surface area (Å²) in [5.41, 5.74) is -3.31. The van der Waals surface area contributed by atoms with Gasteiger partial charge in [0.15, 0.2) is 0 Å². The summed E-state index contributed by atoms with van der Waals surface area (Å²) in [5.74, 6) is -0.0101. The van der Waals surface area contributed by atoms with Gasteiger partial charge in [0, 0.05) is 0 Å². The zero-order valence-corrected chi connectivity index (χ0v) is 24.0. The third-order valence-corrected chi connectivity index (χ3v) is 12.8. The predicted octanol–water partition coefficient (Wildman–Crippen LogP) is 3.64. The highest BCUT2D eigenvalue weighted by atomic mass is 16.3. The van der Waals surface area contributed by atoms with Crippen LogP contribution in [0.1, 0.15) is 107 Å². The summed E-state index contributed by atoms with van der Waals surface area (Å²) >= 11 is 0. The van der Waals surface area contributed by atoms with Crippen LogP contribution in [0.25, 0.3) is 0 Å². The maximum absolute atomic E-state index is 11.8. The molecule has 6 nitrogen and oxygen atoms in total. The lowest BCUT2D eigenvalue weighted by Crippen LogP contribution is -2.69. The van der Waals surface area contributed by atoms with Crippen LogP contribution in [0.2, 0.25) is 0 Å². The van der Waals surface area contributed by atoms with Gasteiger partial charge in [-0.15, -0.1) is 0 Å². The van der Waals surface area contributed by atoms with Gasteiger partial charge in [0.25, 0.3) is 0 Å². The van der Waals surface area contributed by atoms with Gasteiger partial charge in [-0.3, -0.25) is 0 Å². The van der Waals surface area contributed by atoms with Crippen molar-refractivity contribution in [2.24, 2.45) is 45.3 Å². The molecule has 0 radical (unpaired) electrons. The number of fused-ring (bicyclic) bond motifs is 5. The molecule has 0 amide bonds. The molecule has 0 aromatic carbocycles. The minimum absolute atomic E-state index is 0.0252. The van der Waals surface area contributed by atoms with E-state index in [0.29, 0.717) is 25.7 Å². The van der Waals surface area contributed by atoms with Crippen molar-refractivity contribution < 1.29 is 30.6 Å². The van der Waals surface area contributed by atoms with Gasteiger partial charge in [-0.05, 0) is 117 Å². The van der Waals surface area contributed by atoms with Gasteiger partial charge in [0.2, 0.25) is 0 Å². The smallest absolute Gasteiger partial charge is 0.0849 e. The van der Waals surface area contributed by atoms with E-state index in [1.54, 1.807) is 13.8 Å². The average molecular weight is 511 g/mol. The van der Waals surface area contributed by atoms with Crippen LogP contribution in [0, 0.1) is 45.3 Å². The molecule has 4 rings (SSSR count). The molecular weight excluding hydrogens is 456 g/mol. The van der Waals surface area contributed by atoms with Crippen molar-refractivity contribution >= 4 is 0 Å². The molecule has 4 aliphatic carbocycles. The van der Waals surface area contributed by atoms with E-state index in [2.05, 4.69) is 34.6 Å². The lowest BCUT2D eigenvalue weighted by Gasteiger charge is -2.71. The largest absolute Gasteiger partial charge is 0.393 e. The van der Waals surface area contributed by atoms with Gasteiger partial charge in [0.05, 0.1) is 35.6 Å². The van der Waals surface area contributed by atoms with E-state index in [-0.39, 0.29) is 45.3 Å². The normalized spacial score (nSPS) is 51.0. The molecule has 0 heterocycles. The summed E-state index contributed by atoms with van der Waals surface area (Å²) in [5, 5.41) is 66.6. The fourth-order valence-corrected chi connectivity index (χ4v) is 10.6. The van der Waals surface area contributed by atoms with Crippen LogP contribution < -0.4 is 0 Å². The van der Waals surface area contributed by atoms with Crippen molar-refractivity contribution in [3.05, 3.63) is 0 Å². The average Bonchev–Trinajstić information content (AvgIpc) is 3.11. The Labute approximate surface area is 218 Å². The summed E-state index contributed by atoms with van der Waals surface area (Å²) in [4.78, 5) is 0. The van der Waals surface area contributed by atoms with Crippen LogP contribution in [0.5, 0.6) is 0 Å². The number of hydrogen-bond acceptors (Lipinski definition) is 6. The lowest BCUT2D eigenvalue weighted by atomic mass is 9.34. The van der Waals surface area contributed by atoms with Crippen molar-refractivity contribution in [1.82, 2.24) is 0 Å². The molecular formula is C30H54O6. The van der Waals surface area contributed by atoms with Gasteiger partial charge >= 0.3 is 0 Å². The van der Waals surface area contributed by atoms with Crippen LogP contribution in [0.3, 0.4) is 0 Å². The Kier molecular flexibility index (Phi) is 6.89. The van der Waals surface area contributed by atoms with E-state index in [1.807, 2.05) is 6.92 Å². The first-order valence-corrected chi connectivity index (χ1v) is 14.4. The highest BCUT2D eigenvalue weighted by molar-refractivity contribution is 5.21. The van der Waals surface area contributed by atoms with Crippen molar-refractivity contribution in [3.8, 4) is 0 Å². The van der Waals surface area contributed by atoms with Crippen molar-refractivity contribution in [3.63, 3.8) is 0 Å². The van der Waals surface area contributed by atoms with E-state index >= 15 is 0 Å². The second kappa shape index (κ2) is 8.63. The van der Waals surface area contributed by atoms with Crippen molar-refractivity contribution in [2.75, 3.05) is 0 Å². The molecule has 0 bridgehead atoms. The Bertz CT molecular complexity index is 834. The molecule has 4 aliphatic rings. The summed E-state index contributed by atoms with van der Waals surface area (Å²) < 4.78 is 0. The maximum atomic E-state index is 11.8. The molecule has 0 aliphatic heterocycles. The number of aliphatic hydroxyl groups excluding tert-OH is 4. The van der Waals surface area contributed by atoms with Crippen LogP contribution in [0.4, 0.5) is 0 Å². The Morgan fingerprint density at radius 2 is 1.47 bits per heavy atom. The van der Waals surface area contributed by atoms with Gasteiger partial charge in [0.1, 0.15) is 0 Å². The molecule has 12 atom stereocenters. The Morgan fingerprint density at radius 1 is 0.861 bits per heavy atom. The molecule has 0 unspecified atom stereocenters. The topological polar surface area (TPSA) is 121 Å². The number of aliphatic hydroxyl groups is 6. The molecule has 4 fully saturated rings. The molecule has 0 aromatic heterocycles. The fourth-order valence-electron chi connectivity index (χ4n) is 10.6. The number of rotatable bonds is 5. The van der Waals surface area contributed by atoms with E-state index in [0.717, 1.165) is 25.7 Å². The SMILES string of the molecule is CC(C)(O)[C@H](O)CC[C@](C)(O)[C@H]1CC[C@]2(C)[C@@H]1[C@H](O)C[C@@H]1[C@@]3(C)CC[C@H](O)C(C)(C)[C@@H]3[C@@H](O)C[C@]12C. The van der Waals surface area contributed by atoms with Crippen LogP contribution >= 0.6 is 0 Å². The summed E-state index contributed by atoms with van der Waals surface area (Å²) in [6, 6.07) is 0. The lowest BCUT2D eigenvalue weighted by molar-refractivity contribution is -0.274. The van der Waals surface area contributed by atoms with Gasteiger partial charge in [-0.1, -0.05) is 34.6 Å². The van der Waals surface area contributed by atoms with Crippen molar-refractivity contribution in [2.45, 2.75) is 142 Å². The molecule has 4 saturated carbocycles. The van der Waals surface area contributed by atoms with Gasteiger partial charge in [-0.25, -0.2) is 0 Å². The quantitative estimate of drug-likeness (QED) is 0.336. The second-order valence-electron chi connectivity index (χ2n) is 15.6. The van der Waals surface area contributed by atoms with E-state index in [1.165, 1.54) is 0 Å². The Balaban J connectivity index is 1.66. The van der Waals surface area contributed by atoms with Gasteiger partial charge in [-0.2, -0.15) is 0 Å². The molecule has 0 saturated heterocycles. The zero-order chi connectivity index (χ0) is 27.3. The minimum atomic E-state index is -1.23. The monoisotopic (exact) mass is 510 g/mol. The first-order valence-electron chi connectivity index (χ1n) is 14.4. The summed E-state index contributed by atoms with van der Waals surface area (Å²) in [6.07, 6.45) is 2.79. The highest BCUT2D eigenvalue weighted by Crippen LogP contribution is 2.75. The van der Waals surface area contributed by atoms with E-state index < -0.39 is 35.6 Å². The van der Waals surface area contributed by atoms with Crippen LogP contribution in [-0.2, 0) is 0 Å². The first kappa shape index (κ1) is 28.8. The molecule has 36 heavy (non-hydrogen) atoms. The van der Waals surface area contributed by atoms with Crippen LogP contribution in [-0.4, -0.2) is 66.3 Å². The maximum Gasteiger partial charge on any atom is 0.0849 e. The Hall–Kier alpha value is -0.240.